The number of aromatic nitrogens is 7. The zero-order valence-electron chi connectivity index (χ0n) is 17.5. The Morgan fingerprint density at radius 3 is 2.91 bits per heavy atom. The number of hydrogen-bond donors (Lipinski definition) is 0. The first-order valence-corrected chi connectivity index (χ1v) is 10.2. The molecule has 0 fully saturated rings. The largest absolute Gasteiger partial charge is 0.491 e. The third kappa shape index (κ3) is 4.23. The molecule has 0 saturated heterocycles. The summed E-state index contributed by atoms with van der Waals surface area (Å²) < 4.78 is 12.6. The smallest absolute Gasteiger partial charge is 0.221 e. The summed E-state index contributed by atoms with van der Waals surface area (Å²) in [6, 6.07) is 12.0. The van der Waals surface area contributed by atoms with Gasteiger partial charge in [-0.1, -0.05) is 17.3 Å². The molecule has 0 N–H and O–H groups in total. The minimum atomic E-state index is 0.468. The Labute approximate surface area is 184 Å². The van der Waals surface area contributed by atoms with Gasteiger partial charge in [0.2, 0.25) is 5.65 Å². The molecule has 0 aliphatic carbocycles. The summed E-state index contributed by atoms with van der Waals surface area (Å²) in [6.45, 7) is 1.52. The molecule has 0 amide bonds. The SMILES string of the molecule is COCCOc1ccncc1Cc1cnc2nnn(Cc3ccc4ncccc4c3)c2n1. The van der Waals surface area contributed by atoms with E-state index in [9.17, 15) is 0 Å². The van der Waals surface area contributed by atoms with Gasteiger partial charge < -0.3 is 9.47 Å². The minimum absolute atomic E-state index is 0.468. The van der Waals surface area contributed by atoms with Crippen molar-refractivity contribution in [1.82, 2.24) is 34.9 Å². The van der Waals surface area contributed by atoms with Crippen LogP contribution in [0.15, 0.2) is 61.2 Å². The molecule has 0 radical (unpaired) electrons. The fourth-order valence-electron chi connectivity index (χ4n) is 3.50. The number of benzene rings is 1. The standard InChI is InChI=1S/C23H21N7O2/c1-31-9-10-32-21-6-8-24-13-18(21)12-19-14-26-22-23(27-19)30(29-28-22)15-16-4-5-20-17(11-16)3-2-7-25-20/h2-8,11,13-14H,9-10,12,15H2,1H3. The lowest BCUT2D eigenvalue weighted by molar-refractivity contribution is 0.146. The number of nitrogens with zero attached hydrogens (tertiary/aromatic N) is 7. The van der Waals surface area contributed by atoms with Gasteiger partial charge in [-0.05, 0) is 29.8 Å². The van der Waals surface area contributed by atoms with E-state index in [1.165, 1.54) is 0 Å². The topological polar surface area (TPSA) is 101 Å². The molecule has 0 aliphatic rings. The molecule has 5 rings (SSSR count). The molecule has 9 heteroatoms. The summed E-state index contributed by atoms with van der Waals surface area (Å²) in [6.07, 6.45) is 7.53. The molecule has 0 saturated carbocycles. The average molecular weight is 427 g/mol. The highest BCUT2D eigenvalue weighted by Crippen LogP contribution is 2.21. The molecule has 5 aromatic rings. The van der Waals surface area contributed by atoms with Crippen LogP contribution in [0.1, 0.15) is 16.8 Å². The van der Waals surface area contributed by atoms with Gasteiger partial charge in [0, 0.05) is 43.1 Å². The van der Waals surface area contributed by atoms with Crippen molar-refractivity contribution >= 4 is 22.2 Å². The molecular weight excluding hydrogens is 406 g/mol. The number of ether oxygens (including phenoxy) is 2. The normalized spacial score (nSPS) is 11.3. The average Bonchev–Trinajstić information content (AvgIpc) is 3.22. The van der Waals surface area contributed by atoms with E-state index in [2.05, 4.69) is 31.3 Å². The van der Waals surface area contributed by atoms with Crippen LogP contribution in [-0.2, 0) is 17.7 Å². The van der Waals surface area contributed by atoms with Crippen LogP contribution in [0.25, 0.3) is 22.2 Å². The van der Waals surface area contributed by atoms with Crippen LogP contribution in [0, 0.1) is 0 Å². The van der Waals surface area contributed by atoms with Gasteiger partial charge >= 0.3 is 0 Å². The Balaban J connectivity index is 1.40. The van der Waals surface area contributed by atoms with Crippen LogP contribution in [0.4, 0.5) is 0 Å². The summed E-state index contributed by atoms with van der Waals surface area (Å²) in [5.74, 6) is 0.760. The molecular formula is C23H21N7O2. The summed E-state index contributed by atoms with van der Waals surface area (Å²) >= 11 is 0. The Hall–Kier alpha value is -3.98. The van der Waals surface area contributed by atoms with E-state index in [-0.39, 0.29) is 0 Å². The third-order valence-corrected chi connectivity index (χ3v) is 5.05. The monoisotopic (exact) mass is 427 g/mol. The van der Waals surface area contributed by atoms with Crippen molar-refractivity contribution < 1.29 is 9.47 Å². The van der Waals surface area contributed by atoms with Crippen LogP contribution in [0.3, 0.4) is 0 Å². The van der Waals surface area contributed by atoms with E-state index < -0.39 is 0 Å². The van der Waals surface area contributed by atoms with Crippen LogP contribution in [0.2, 0.25) is 0 Å². The van der Waals surface area contributed by atoms with Gasteiger partial charge in [-0.3, -0.25) is 9.97 Å². The van der Waals surface area contributed by atoms with Crippen molar-refractivity contribution in [3.63, 3.8) is 0 Å². The second-order valence-corrected chi connectivity index (χ2v) is 7.29. The van der Waals surface area contributed by atoms with Crippen molar-refractivity contribution in [1.29, 1.82) is 0 Å². The maximum atomic E-state index is 5.81. The predicted molar refractivity (Wildman–Crippen MR) is 118 cm³/mol. The summed E-state index contributed by atoms with van der Waals surface area (Å²) in [5.41, 5.74) is 4.91. The first-order valence-electron chi connectivity index (χ1n) is 10.2. The Morgan fingerprint density at radius 1 is 1.00 bits per heavy atom. The molecule has 32 heavy (non-hydrogen) atoms. The molecule has 160 valence electrons. The maximum Gasteiger partial charge on any atom is 0.221 e. The highest BCUT2D eigenvalue weighted by Gasteiger charge is 2.12. The lowest BCUT2D eigenvalue weighted by atomic mass is 10.1. The van der Waals surface area contributed by atoms with Crippen molar-refractivity contribution in [2.45, 2.75) is 13.0 Å². The number of fused-ring (bicyclic) bond motifs is 2. The van der Waals surface area contributed by atoms with Crippen molar-refractivity contribution in [2.24, 2.45) is 0 Å². The molecule has 0 bridgehead atoms. The van der Waals surface area contributed by atoms with Gasteiger partial charge in [0.15, 0.2) is 5.65 Å². The number of pyridine rings is 2. The van der Waals surface area contributed by atoms with E-state index in [4.69, 9.17) is 14.5 Å². The van der Waals surface area contributed by atoms with Crippen molar-refractivity contribution in [2.75, 3.05) is 20.3 Å². The molecule has 0 spiro atoms. The summed E-state index contributed by atoms with van der Waals surface area (Å²) in [7, 11) is 1.65. The highest BCUT2D eigenvalue weighted by molar-refractivity contribution is 5.79. The molecule has 9 nitrogen and oxygen atoms in total. The van der Waals surface area contributed by atoms with E-state index in [1.54, 1.807) is 36.6 Å². The van der Waals surface area contributed by atoms with E-state index in [0.29, 0.717) is 37.5 Å². The Morgan fingerprint density at radius 2 is 1.97 bits per heavy atom. The maximum absolute atomic E-state index is 5.81. The second kappa shape index (κ2) is 9.03. The zero-order chi connectivity index (χ0) is 21.8. The number of methoxy groups -OCH3 is 1. The van der Waals surface area contributed by atoms with Crippen LogP contribution in [0.5, 0.6) is 5.75 Å². The van der Waals surface area contributed by atoms with Crippen LogP contribution in [-0.4, -0.2) is 55.3 Å². The number of rotatable bonds is 8. The van der Waals surface area contributed by atoms with Crippen molar-refractivity contribution in [3.8, 4) is 5.75 Å². The van der Waals surface area contributed by atoms with Gasteiger partial charge in [-0.2, -0.15) is 0 Å². The predicted octanol–water partition coefficient (Wildman–Crippen LogP) is 2.83. The molecule has 0 unspecified atom stereocenters. The van der Waals surface area contributed by atoms with E-state index >= 15 is 0 Å². The molecule has 0 atom stereocenters. The van der Waals surface area contributed by atoms with Crippen LogP contribution < -0.4 is 4.74 Å². The summed E-state index contributed by atoms with van der Waals surface area (Å²) in [4.78, 5) is 17.8. The van der Waals surface area contributed by atoms with E-state index in [0.717, 1.165) is 33.5 Å². The minimum Gasteiger partial charge on any atom is -0.491 e. The first-order chi connectivity index (χ1) is 15.8. The lowest BCUT2D eigenvalue weighted by Gasteiger charge is -2.10. The fourth-order valence-corrected chi connectivity index (χ4v) is 3.50. The van der Waals surface area contributed by atoms with Gasteiger partial charge in [0.05, 0.1) is 30.6 Å². The molecule has 4 heterocycles. The molecule has 4 aromatic heterocycles. The Kier molecular flexibility index (Phi) is 5.63. The highest BCUT2D eigenvalue weighted by atomic mass is 16.5. The quantitative estimate of drug-likeness (QED) is 0.349. The van der Waals surface area contributed by atoms with Gasteiger partial charge in [-0.25, -0.2) is 14.6 Å². The lowest BCUT2D eigenvalue weighted by Crippen LogP contribution is -2.07. The zero-order valence-corrected chi connectivity index (χ0v) is 17.5. The van der Waals surface area contributed by atoms with Gasteiger partial charge in [0.25, 0.3) is 0 Å². The van der Waals surface area contributed by atoms with Crippen LogP contribution >= 0.6 is 0 Å². The first kappa shape index (κ1) is 20.0. The van der Waals surface area contributed by atoms with Crippen molar-refractivity contribution in [3.05, 3.63) is 78.0 Å². The second-order valence-electron chi connectivity index (χ2n) is 7.29. The number of hydrogen-bond acceptors (Lipinski definition) is 8. The third-order valence-electron chi connectivity index (χ3n) is 5.05. The van der Waals surface area contributed by atoms with Gasteiger partial charge in [-0.15, -0.1) is 5.10 Å². The Bertz CT molecular complexity index is 1370. The van der Waals surface area contributed by atoms with E-state index in [1.807, 2.05) is 30.3 Å². The fraction of sp³-hybridized carbons (Fsp3) is 0.217. The molecule has 0 aliphatic heterocycles. The summed E-state index contributed by atoms with van der Waals surface area (Å²) in [5, 5.41) is 9.51. The molecule has 1 aromatic carbocycles. The van der Waals surface area contributed by atoms with Gasteiger partial charge in [0.1, 0.15) is 12.4 Å².